The monoisotopic (exact) mass is 506 g/mol. The molecule has 11 nitrogen and oxygen atoms in total. The Hall–Kier alpha value is -3.37. The molecular weight excluding hydrogens is 468 g/mol. The third-order valence-corrected chi connectivity index (χ3v) is 5.25. The van der Waals surface area contributed by atoms with Gasteiger partial charge in [0.25, 0.3) is 11.6 Å². The number of ether oxygens (including phenoxy) is 2. The van der Waals surface area contributed by atoms with Crippen LogP contribution >= 0.6 is 0 Å². The van der Waals surface area contributed by atoms with Crippen LogP contribution in [0, 0.1) is 10.1 Å². The number of hydrogen-bond donors (Lipinski definition) is 2. The van der Waals surface area contributed by atoms with Crippen molar-refractivity contribution in [2.75, 3.05) is 19.6 Å². The summed E-state index contributed by atoms with van der Waals surface area (Å²) in [4.78, 5) is 49.7. The molecule has 0 bridgehead atoms. The number of likely N-dealkylation sites (tertiary alicyclic amines) is 1. The van der Waals surface area contributed by atoms with Crippen LogP contribution in [0.15, 0.2) is 18.2 Å². The van der Waals surface area contributed by atoms with E-state index in [0.29, 0.717) is 50.9 Å². The highest BCUT2D eigenvalue weighted by Gasteiger charge is 2.28. The molecule has 0 spiro atoms. The smallest absolute Gasteiger partial charge is 0.407 e. The van der Waals surface area contributed by atoms with E-state index in [0.717, 1.165) is 0 Å². The third-order valence-electron chi connectivity index (χ3n) is 5.25. The van der Waals surface area contributed by atoms with E-state index in [-0.39, 0.29) is 23.2 Å². The Morgan fingerprint density at radius 3 is 2.33 bits per heavy atom. The number of rotatable bonds is 7. The van der Waals surface area contributed by atoms with Crippen LogP contribution in [0.5, 0.6) is 0 Å². The lowest BCUT2D eigenvalue weighted by molar-refractivity contribution is -0.385. The van der Waals surface area contributed by atoms with E-state index >= 15 is 0 Å². The first-order chi connectivity index (χ1) is 16.6. The van der Waals surface area contributed by atoms with Gasteiger partial charge in [0.15, 0.2) is 0 Å². The number of amides is 3. The first-order valence-electron chi connectivity index (χ1n) is 12.2. The lowest BCUT2D eigenvalue weighted by Gasteiger charge is -2.33. The Morgan fingerprint density at radius 1 is 1.08 bits per heavy atom. The largest absolute Gasteiger partial charge is 0.444 e. The van der Waals surface area contributed by atoms with Crippen LogP contribution in [0.2, 0.25) is 0 Å². The van der Waals surface area contributed by atoms with Crippen LogP contribution in [0.1, 0.15) is 76.7 Å². The second-order valence-corrected chi connectivity index (χ2v) is 10.9. The Bertz CT molecular complexity index is 966. The van der Waals surface area contributed by atoms with E-state index in [1.807, 2.05) is 0 Å². The van der Waals surface area contributed by atoms with E-state index in [4.69, 9.17) is 9.47 Å². The molecule has 200 valence electrons. The van der Waals surface area contributed by atoms with Crippen LogP contribution in [0.4, 0.5) is 15.3 Å². The van der Waals surface area contributed by atoms with E-state index < -0.39 is 28.3 Å². The van der Waals surface area contributed by atoms with Gasteiger partial charge in [-0.3, -0.25) is 14.9 Å². The Kier molecular flexibility index (Phi) is 9.66. The molecule has 1 saturated heterocycles. The molecule has 1 aliphatic rings. The molecule has 2 N–H and O–H groups in total. The fraction of sp³-hybridized carbons (Fsp3) is 0.640. The molecule has 0 aliphatic carbocycles. The maximum Gasteiger partial charge on any atom is 0.407 e. The lowest BCUT2D eigenvalue weighted by atomic mass is 10.0. The Balaban J connectivity index is 1.98. The second-order valence-electron chi connectivity index (χ2n) is 10.9. The minimum atomic E-state index is -0.624. The van der Waals surface area contributed by atoms with E-state index in [9.17, 15) is 24.5 Å². The highest BCUT2D eigenvalue weighted by molar-refractivity contribution is 5.95. The predicted octanol–water partition coefficient (Wildman–Crippen LogP) is 4.18. The topological polar surface area (TPSA) is 140 Å². The van der Waals surface area contributed by atoms with Gasteiger partial charge in [0.05, 0.1) is 4.92 Å². The summed E-state index contributed by atoms with van der Waals surface area (Å²) in [7, 11) is 0. The zero-order valence-corrected chi connectivity index (χ0v) is 22.0. The van der Waals surface area contributed by atoms with Crippen LogP contribution in [-0.4, -0.2) is 64.8 Å². The second kappa shape index (κ2) is 12.0. The molecule has 2 rings (SSSR count). The number of benzene rings is 1. The van der Waals surface area contributed by atoms with Gasteiger partial charge >= 0.3 is 12.2 Å². The maximum atomic E-state index is 13.1. The Labute approximate surface area is 212 Å². The third kappa shape index (κ3) is 9.71. The zero-order chi connectivity index (χ0) is 27.1. The van der Waals surface area contributed by atoms with E-state index in [1.165, 1.54) is 6.07 Å². The molecule has 0 aromatic heterocycles. The van der Waals surface area contributed by atoms with Crippen molar-refractivity contribution in [1.82, 2.24) is 15.5 Å². The molecule has 0 saturated carbocycles. The molecule has 1 fully saturated rings. The van der Waals surface area contributed by atoms with Crippen molar-refractivity contribution < 1.29 is 28.8 Å². The molecule has 36 heavy (non-hydrogen) atoms. The summed E-state index contributed by atoms with van der Waals surface area (Å²) >= 11 is 0. The fourth-order valence-electron chi connectivity index (χ4n) is 3.80. The van der Waals surface area contributed by atoms with Gasteiger partial charge in [-0.1, -0.05) is 6.07 Å². The van der Waals surface area contributed by atoms with Gasteiger partial charge in [0, 0.05) is 42.9 Å². The average molecular weight is 507 g/mol. The van der Waals surface area contributed by atoms with Crippen LogP contribution in [0.3, 0.4) is 0 Å². The number of carbonyl (C=O) groups excluding carboxylic acids is 3. The highest BCUT2D eigenvalue weighted by Crippen LogP contribution is 2.24. The van der Waals surface area contributed by atoms with E-state index in [1.54, 1.807) is 58.6 Å². The highest BCUT2D eigenvalue weighted by atomic mass is 16.6. The van der Waals surface area contributed by atoms with E-state index in [2.05, 4.69) is 10.6 Å². The number of nitro benzene ring substituents is 1. The van der Waals surface area contributed by atoms with Crippen molar-refractivity contribution >= 4 is 23.8 Å². The number of nitro groups is 1. The van der Waals surface area contributed by atoms with Crippen LogP contribution < -0.4 is 10.6 Å². The molecule has 1 heterocycles. The summed E-state index contributed by atoms with van der Waals surface area (Å²) in [6.45, 7) is 11.7. The molecule has 3 amide bonds. The summed E-state index contributed by atoms with van der Waals surface area (Å²) < 4.78 is 10.5. The van der Waals surface area contributed by atoms with Gasteiger partial charge in [0.1, 0.15) is 11.2 Å². The van der Waals surface area contributed by atoms with Crippen molar-refractivity contribution in [1.29, 1.82) is 0 Å². The van der Waals surface area contributed by atoms with Crippen molar-refractivity contribution in [2.24, 2.45) is 0 Å². The Morgan fingerprint density at radius 2 is 1.72 bits per heavy atom. The van der Waals surface area contributed by atoms with Crippen LogP contribution in [-0.2, 0) is 15.9 Å². The lowest BCUT2D eigenvalue weighted by Crippen LogP contribution is -2.50. The number of nitrogens with one attached hydrogen (secondary N) is 2. The molecule has 0 unspecified atom stereocenters. The minimum absolute atomic E-state index is 0.140. The molecule has 1 aromatic rings. The normalized spacial score (nSPS) is 16.2. The minimum Gasteiger partial charge on any atom is -0.444 e. The van der Waals surface area contributed by atoms with Crippen molar-refractivity contribution in [3.8, 4) is 0 Å². The summed E-state index contributed by atoms with van der Waals surface area (Å²) in [5, 5.41) is 17.1. The quantitative estimate of drug-likeness (QED) is 0.321. The van der Waals surface area contributed by atoms with Gasteiger partial charge in [-0.2, -0.15) is 0 Å². The van der Waals surface area contributed by atoms with Crippen LogP contribution in [0.25, 0.3) is 0 Å². The summed E-state index contributed by atoms with van der Waals surface area (Å²) in [5.74, 6) is -0.327. The zero-order valence-electron chi connectivity index (χ0n) is 22.0. The van der Waals surface area contributed by atoms with Gasteiger partial charge in [0.2, 0.25) is 0 Å². The summed E-state index contributed by atoms with van der Waals surface area (Å²) in [5.41, 5.74) is -0.675. The number of alkyl carbamates (subject to hydrolysis) is 2. The SMILES string of the molecule is CC(C)(C)OC(=O)NCCCc1ccc(C(=O)N2CCC[C@@H](NC(=O)OC(C)(C)C)C2)cc1[N+](=O)[O-]. The standard InChI is InChI=1S/C25H38N4O7/c1-24(2,3)35-22(31)26-13-7-9-17-11-12-18(15-20(17)29(33)34)21(30)28-14-8-10-19(16-28)27-23(32)36-25(4,5)6/h11-12,15,19H,7-10,13-14,16H2,1-6H3,(H,26,31)(H,27,32)/t19-/m1/s1. The molecule has 11 heteroatoms. The van der Waals surface area contributed by atoms with Gasteiger partial charge < -0.3 is 25.0 Å². The predicted molar refractivity (Wildman–Crippen MR) is 134 cm³/mol. The average Bonchev–Trinajstić information content (AvgIpc) is 2.73. The number of piperidine rings is 1. The van der Waals surface area contributed by atoms with Gasteiger partial charge in [-0.25, -0.2) is 9.59 Å². The summed E-state index contributed by atoms with van der Waals surface area (Å²) in [6.07, 6.45) is 1.14. The number of aryl methyl sites for hydroxylation is 1. The fourth-order valence-corrected chi connectivity index (χ4v) is 3.80. The molecule has 1 aliphatic heterocycles. The maximum absolute atomic E-state index is 13.1. The number of hydrogen-bond acceptors (Lipinski definition) is 7. The van der Waals surface area contributed by atoms with Crippen molar-refractivity contribution in [3.05, 3.63) is 39.4 Å². The van der Waals surface area contributed by atoms with Gasteiger partial charge in [-0.15, -0.1) is 0 Å². The number of carbonyl (C=O) groups is 3. The molecule has 1 atom stereocenters. The molecule has 0 radical (unpaired) electrons. The van der Waals surface area contributed by atoms with Crippen molar-refractivity contribution in [3.63, 3.8) is 0 Å². The van der Waals surface area contributed by atoms with Gasteiger partial charge in [-0.05, 0) is 73.3 Å². The molecular formula is C25H38N4O7. The van der Waals surface area contributed by atoms with Crippen molar-refractivity contribution in [2.45, 2.75) is 84.5 Å². The first-order valence-corrected chi connectivity index (χ1v) is 12.2. The molecule has 1 aromatic carbocycles. The summed E-state index contributed by atoms with van der Waals surface area (Å²) in [6, 6.07) is 4.20. The first kappa shape index (κ1) is 28.9. The number of nitrogens with zero attached hydrogens (tertiary/aromatic N) is 2.